The molecule has 0 amide bonds. The standard InChI is InChI=1S/C14H19Cl2NOS/c1-19-11-4-3-10(7-11)17-8-14(18)12-6-9(15)2-5-13(12)16/h2,5-6,10-11,14,17-18H,3-4,7-8H2,1H3. The van der Waals surface area contributed by atoms with Gasteiger partial charge in [0.15, 0.2) is 0 Å². The van der Waals surface area contributed by atoms with Gasteiger partial charge in [0.25, 0.3) is 0 Å². The average Bonchev–Trinajstić information content (AvgIpc) is 2.87. The monoisotopic (exact) mass is 319 g/mol. The van der Waals surface area contributed by atoms with Gasteiger partial charge >= 0.3 is 0 Å². The summed E-state index contributed by atoms with van der Waals surface area (Å²) >= 11 is 13.9. The maximum atomic E-state index is 10.2. The lowest BCUT2D eigenvalue weighted by Gasteiger charge is -2.18. The molecule has 0 bridgehead atoms. The maximum absolute atomic E-state index is 10.2. The summed E-state index contributed by atoms with van der Waals surface area (Å²) in [5.74, 6) is 0. The molecule has 0 heterocycles. The van der Waals surface area contributed by atoms with E-state index in [4.69, 9.17) is 23.2 Å². The highest BCUT2D eigenvalue weighted by Crippen LogP contribution is 2.29. The number of thioether (sulfide) groups is 1. The summed E-state index contributed by atoms with van der Waals surface area (Å²) in [5, 5.41) is 15.5. The second kappa shape index (κ2) is 7.19. The zero-order valence-corrected chi connectivity index (χ0v) is 13.2. The molecule has 0 spiro atoms. The zero-order valence-electron chi connectivity index (χ0n) is 10.9. The third-order valence-electron chi connectivity index (χ3n) is 3.63. The predicted octanol–water partition coefficient (Wildman–Crippen LogP) is 3.90. The number of hydrogen-bond donors (Lipinski definition) is 2. The highest BCUT2D eigenvalue weighted by Gasteiger charge is 2.24. The molecular weight excluding hydrogens is 301 g/mol. The Kier molecular flexibility index (Phi) is 5.85. The largest absolute Gasteiger partial charge is 0.387 e. The van der Waals surface area contributed by atoms with Gasteiger partial charge in [-0.1, -0.05) is 23.2 Å². The van der Waals surface area contributed by atoms with E-state index in [1.165, 1.54) is 19.3 Å². The van der Waals surface area contributed by atoms with Gasteiger partial charge in [0.05, 0.1) is 6.10 Å². The minimum atomic E-state index is -0.612. The topological polar surface area (TPSA) is 32.3 Å². The Morgan fingerprint density at radius 2 is 2.21 bits per heavy atom. The van der Waals surface area contributed by atoms with Gasteiger partial charge in [-0.25, -0.2) is 0 Å². The normalized spacial score (nSPS) is 24.6. The minimum Gasteiger partial charge on any atom is -0.387 e. The first-order valence-electron chi connectivity index (χ1n) is 6.49. The van der Waals surface area contributed by atoms with E-state index in [2.05, 4.69) is 11.6 Å². The number of hydrogen-bond acceptors (Lipinski definition) is 3. The number of nitrogens with one attached hydrogen (secondary N) is 1. The summed E-state index contributed by atoms with van der Waals surface area (Å²) in [7, 11) is 0. The van der Waals surface area contributed by atoms with Crippen molar-refractivity contribution in [2.45, 2.75) is 36.7 Å². The summed E-state index contributed by atoms with van der Waals surface area (Å²) in [6.45, 7) is 0.520. The first kappa shape index (κ1) is 15.5. The lowest BCUT2D eigenvalue weighted by molar-refractivity contribution is 0.170. The van der Waals surface area contributed by atoms with Gasteiger partial charge in [-0.2, -0.15) is 11.8 Å². The van der Waals surface area contributed by atoms with E-state index in [1.54, 1.807) is 18.2 Å². The van der Waals surface area contributed by atoms with E-state index >= 15 is 0 Å². The van der Waals surface area contributed by atoms with Crippen LogP contribution in [-0.2, 0) is 0 Å². The Bertz CT molecular complexity index is 430. The zero-order chi connectivity index (χ0) is 13.8. The van der Waals surface area contributed by atoms with Crippen molar-refractivity contribution in [3.63, 3.8) is 0 Å². The molecular formula is C14H19Cl2NOS. The molecule has 1 aromatic carbocycles. The number of aliphatic hydroxyl groups excluding tert-OH is 1. The molecule has 1 saturated carbocycles. The molecule has 1 aliphatic rings. The number of benzene rings is 1. The molecule has 1 fully saturated rings. The fourth-order valence-electron chi connectivity index (χ4n) is 2.50. The van der Waals surface area contributed by atoms with Gasteiger partial charge in [0.1, 0.15) is 0 Å². The summed E-state index contributed by atoms with van der Waals surface area (Å²) in [4.78, 5) is 0. The Hall–Kier alpha value is 0.0700. The van der Waals surface area contributed by atoms with Gasteiger partial charge in [0.2, 0.25) is 0 Å². The molecule has 5 heteroatoms. The highest BCUT2D eigenvalue weighted by molar-refractivity contribution is 7.99. The van der Waals surface area contributed by atoms with Crippen LogP contribution in [0.5, 0.6) is 0 Å². The second-order valence-corrected chi connectivity index (χ2v) is 6.94. The van der Waals surface area contributed by atoms with Crippen LogP contribution in [-0.4, -0.2) is 29.2 Å². The van der Waals surface area contributed by atoms with Gasteiger partial charge in [-0.3, -0.25) is 0 Å². The molecule has 1 aromatic rings. The minimum absolute atomic E-state index is 0.505. The van der Waals surface area contributed by atoms with Crippen molar-refractivity contribution in [3.05, 3.63) is 33.8 Å². The molecule has 3 atom stereocenters. The Labute approximate surface area is 128 Å². The van der Waals surface area contributed by atoms with Gasteiger partial charge < -0.3 is 10.4 Å². The molecule has 1 aliphatic carbocycles. The average molecular weight is 320 g/mol. The van der Waals surface area contributed by atoms with Crippen LogP contribution in [0.25, 0.3) is 0 Å². The van der Waals surface area contributed by atoms with Crippen molar-refractivity contribution in [2.24, 2.45) is 0 Å². The molecule has 2 nitrogen and oxygen atoms in total. The van der Waals surface area contributed by atoms with Crippen LogP contribution in [0.3, 0.4) is 0 Å². The third-order valence-corrected chi connectivity index (χ3v) is 5.31. The highest BCUT2D eigenvalue weighted by atomic mass is 35.5. The summed E-state index contributed by atoms with van der Waals surface area (Å²) in [6.07, 6.45) is 5.17. The van der Waals surface area contributed by atoms with Crippen molar-refractivity contribution < 1.29 is 5.11 Å². The Balaban J connectivity index is 1.87. The SMILES string of the molecule is CSC1CCC(NCC(O)c2cc(Cl)ccc2Cl)C1. The number of halogens is 2. The smallest absolute Gasteiger partial charge is 0.0929 e. The van der Waals surface area contributed by atoms with Crippen LogP contribution in [0.15, 0.2) is 18.2 Å². The van der Waals surface area contributed by atoms with Crippen LogP contribution in [0.4, 0.5) is 0 Å². The van der Waals surface area contributed by atoms with Crippen molar-refractivity contribution in [1.82, 2.24) is 5.32 Å². The molecule has 0 aliphatic heterocycles. The van der Waals surface area contributed by atoms with Crippen LogP contribution >= 0.6 is 35.0 Å². The van der Waals surface area contributed by atoms with E-state index in [9.17, 15) is 5.11 Å². The van der Waals surface area contributed by atoms with E-state index < -0.39 is 6.10 Å². The van der Waals surface area contributed by atoms with Crippen molar-refractivity contribution in [3.8, 4) is 0 Å². The lowest BCUT2D eigenvalue weighted by Crippen LogP contribution is -2.31. The molecule has 0 aromatic heterocycles. The molecule has 0 radical (unpaired) electrons. The van der Waals surface area contributed by atoms with Crippen molar-refractivity contribution >= 4 is 35.0 Å². The molecule has 3 unspecified atom stereocenters. The number of aliphatic hydroxyl groups is 1. The number of rotatable bonds is 5. The van der Waals surface area contributed by atoms with Crippen molar-refractivity contribution in [1.29, 1.82) is 0 Å². The maximum Gasteiger partial charge on any atom is 0.0929 e. The van der Waals surface area contributed by atoms with Gasteiger partial charge in [-0.05, 0) is 43.7 Å². The molecule has 106 valence electrons. The van der Waals surface area contributed by atoms with E-state index in [1.807, 2.05) is 11.8 Å². The third kappa shape index (κ3) is 4.27. The van der Waals surface area contributed by atoms with Crippen molar-refractivity contribution in [2.75, 3.05) is 12.8 Å². The Morgan fingerprint density at radius 3 is 2.89 bits per heavy atom. The lowest BCUT2D eigenvalue weighted by atomic mass is 10.1. The molecule has 0 saturated heterocycles. The van der Waals surface area contributed by atoms with E-state index in [0.29, 0.717) is 28.2 Å². The quantitative estimate of drug-likeness (QED) is 0.863. The van der Waals surface area contributed by atoms with Crippen LogP contribution in [0.1, 0.15) is 30.9 Å². The van der Waals surface area contributed by atoms with Gasteiger partial charge in [-0.15, -0.1) is 0 Å². The van der Waals surface area contributed by atoms with E-state index in [-0.39, 0.29) is 0 Å². The van der Waals surface area contributed by atoms with Crippen LogP contribution in [0.2, 0.25) is 10.0 Å². The van der Waals surface area contributed by atoms with Crippen LogP contribution < -0.4 is 5.32 Å². The first-order valence-corrected chi connectivity index (χ1v) is 8.53. The summed E-state index contributed by atoms with van der Waals surface area (Å²) in [6, 6.07) is 5.69. The van der Waals surface area contributed by atoms with Gasteiger partial charge in [0, 0.05) is 33.4 Å². The molecule has 2 N–H and O–H groups in total. The fraction of sp³-hybridized carbons (Fsp3) is 0.571. The summed E-state index contributed by atoms with van der Waals surface area (Å²) < 4.78 is 0. The summed E-state index contributed by atoms with van der Waals surface area (Å²) in [5.41, 5.74) is 0.695. The predicted molar refractivity (Wildman–Crippen MR) is 84.4 cm³/mol. The molecule has 19 heavy (non-hydrogen) atoms. The van der Waals surface area contributed by atoms with Crippen LogP contribution in [0, 0.1) is 0 Å². The second-order valence-electron chi connectivity index (χ2n) is 4.96. The molecule has 2 rings (SSSR count). The fourth-order valence-corrected chi connectivity index (χ4v) is 3.72. The van der Waals surface area contributed by atoms with E-state index in [0.717, 1.165) is 5.25 Å². The first-order chi connectivity index (χ1) is 9.10. The Morgan fingerprint density at radius 1 is 1.42 bits per heavy atom.